The number of nitrogens with one attached hydrogen (secondary N) is 1. The lowest BCUT2D eigenvalue weighted by Crippen LogP contribution is -2.28. The molecule has 176 valence electrons. The number of hydrogen-bond acceptors (Lipinski definition) is 5. The van der Waals surface area contributed by atoms with Gasteiger partial charge in [0.1, 0.15) is 5.82 Å². The van der Waals surface area contributed by atoms with Crippen molar-refractivity contribution in [2.45, 2.75) is 26.2 Å². The first-order valence-corrected chi connectivity index (χ1v) is 11.4. The summed E-state index contributed by atoms with van der Waals surface area (Å²) in [4.78, 5) is 31.4. The van der Waals surface area contributed by atoms with Crippen LogP contribution in [0.3, 0.4) is 0 Å². The number of para-hydroxylation sites is 1. The number of hydrogen-bond donors (Lipinski definition) is 1. The van der Waals surface area contributed by atoms with Crippen LogP contribution in [-0.4, -0.2) is 28.5 Å². The van der Waals surface area contributed by atoms with Gasteiger partial charge in [-0.15, -0.1) is 0 Å². The van der Waals surface area contributed by atoms with Gasteiger partial charge in [-0.3, -0.25) is 9.59 Å². The Bertz CT molecular complexity index is 1400. The fraction of sp³-hybridized carbons (Fsp3) is 0.185. The van der Waals surface area contributed by atoms with Crippen molar-refractivity contribution < 1.29 is 18.5 Å². The predicted molar refractivity (Wildman–Crippen MR) is 130 cm³/mol. The van der Waals surface area contributed by atoms with Crippen LogP contribution in [0.2, 0.25) is 0 Å². The zero-order valence-corrected chi connectivity index (χ0v) is 19.1. The summed E-state index contributed by atoms with van der Waals surface area (Å²) in [6, 6.07) is 19.5. The third kappa shape index (κ3) is 4.82. The predicted octanol–water partition coefficient (Wildman–Crippen LogP) is 4.96. The molecular formula is C27H23FN4O3. The van der Waals surface area contributed by atoms with E-state index in [1.54, 1.807) is 48.2 Å². The van der Waals surface area contributed by atoms with Crippen LogP contribution in [-0.2, 0) is 17.6 Å². The molecule has 0 aliphatic carbocycles. The Kier molecular flexibility index (Phi) is 6.10. The molecule has 4 aromatic rings. The first-order valence-electron chi connectivity index (χ1n) is 11.4. The average Bonchev–Trinajstić information content (AvgIpc) is 3.52. The zero-order valence-electron chi connectivity index (χ0n) is 19.1. The molecule has 0 fully saturated rings. The monoisotopic (exact) mass is 470 g/mol. The van der Waals surface area contributed by atoms with Crippen LogP contribution in [0.1, 0.15) is 33.8 Å². The molecule has 0 saturated heterocycles. The lowest BCUT2D eigenvalue weighted by molar-refractivity contribution is -0.116. The molecule has 0 unspecified atom stereocenters. The Morgan fingerprint density at radius 3 is 2.69 bits per heavy atom. The van der Waals surface area contributed by atoms with Crippen LogP contribution in [0.5, 0.6) is 0 Å². The highest BCUT2D eigenvalue weighted by atomic mass is 19.1. The first kappa shape index (κ1) is 22.5. The van der Waals surface area contributed by atoms with E-state index in [9.17, 15) is 14.0 Å². The lowest BCUT2D eigenvalue weighted by Gasteiger charge is -2.17. The van der Waals surface area contributed by atoms with Gasteiger partial charge in [0.15, 0.2) is 0 Å². The van der Waals surface area contributed by atoms with Crippen LogP contribution in [0, 0.1) is 12.7 Å². The summed E-state index contributed by atoms with van der Waals surface area (Å²) in [5, 5.41) is 6.68. The second kappa shape index (κ2) is 9.50. The minimum atomic E-state index is -0.341. The van der Waals surface area contributed by atoms with Gasteiger partial charge in [0.25, 0.3) is 5.91 Å². The van der Waals surface area contributed by atoms with E-state index in [-0.39, 0.29) is 36.3 Å². The van der Waals surface area contributed by atoms with Gasteiger partial charge in [0.2, 0.25) is 17.6 Å². The lowest BCUT2D eigenvalue weighted by atomic mass is 10.1. The molecule has 7 nitrogen and oxygen atoms in total. The molecule has 3 aromatic carbocycles. The number of rotatable bonds is 6. The molecule has 2 amide bonds. The van der Waals surface area contributed by atoms with Crippen molar-refractivity contribution in [2.75, 3.05) is 16.8 Å². The molecule has 0 bridgehead atoms. The number of anilines is 2. The summed E-state index contributed by atoms with van der Waals surface area (Å²) in [5.41, 5.74) is 4.32. The highest BCUT2D eigenvalue weighted by molar-refractivity contribution is 6.07. The van der Waals surface area contributed by atoms with Crippen LogP contribution < -0.4 is 10.2 Å². The van der Waals surface area contributed by atoms with Crippen molar-refractivity contribution in [1.82, 2.24) is 10.1 Å². The number of amides is 2. The highest BCUT2D eigenvalue weighted by Crippen LogP contribution is 2.29. The van der Waals surface area contributed by atoms with Crippen molar-refractivity contribution in [3.05, 3.63) is 95.1 Å². The van der Waals surface area contributed by atoms with Crippen molar-refractivity contribution in [3.8, 4) is 11.4 Å². The Balaban J connectivity index is 1.16. The van der Waals surface area contributed by atoms with Crippen molar-refractivity contribution in [2.24, 2.45) is 0 Å². The maximum atomic E-state index is 13.8. The Labute approximate surface area is 201 Å². The third-order valence-corrected chi connectivity index (χ3v) is 6.01. The van der Waals surface area contributed by atoms with E-state index in [2.05, 4.69) is 15.5 Å². The molecule has 8 heteroatoms. The number of aromatic nitrogens is 2. The molecule has 1 aliphatic rings. The SMILES string of the molecule is Cc1ccc(-c2noc(CCC(=O)Nc3ccc(C(=O)N4CCc5ccccc54)cc3)n2)cc1F. The molecule has 1 aromatic heterocycles. The van der Waals surface area contributed by atoms with E-state index in [4.69, 9.17) is 4.52 Å². The number of aryl methyl sites for hydroxylation is 2. The van der Waals surface area contributed by atoms with Gasteiger partial charge in [-0.05, 0) is 60.9 Å². The normalized spacial score (nSPS) is 12.5. The molecule has 35 heavy (non-hydrogen) atoms. The van der Waals surface area contributed by atoms with Gasteiger partial charge < -0.3 is 14.7 Å². The van der Waals surface area contributed by atoms with E-state index in [1.165, 1.54) is 11.6 Å². The molecule has 1 N–H and O–H groups in total. The van der Waals surface area contributed by atoms with Crippen molar-refractivity contribution >= 4 is 23.2 Å². The molecule has 0 saturated carbocycles. The van der Waals surface area contributed by atoms with Crippen LogP contribution in [0.25, 0.3) is 11.4 Å². The van der Waals surface area contributed by atoms with E-state index in [0.29, 0.717) is 34.8 Å². The Morgan fingerprint density at radius 1 is 1.09 bits per heavy atom. The second-order valence-corrected chi connectivity index (χ2v) is 8.44. The maximum absolute atomic E-state index is 13.8. The number of halogens is 1. The van der Waals surface area contributed by atoms with E-state index < -0.39 is 0 Å². The standard InChI is InChI=1S/C27H23FN4O3/c1-17-6-7-20(16-22(17)28)26-30-25(35-31-26)13-12-24(33)29-21-10-8-19(9-11-21)27(34)32-15-14-18-4-2-3-5-23(18)32/h2-11,16H,12-15H2,1H3,(H,29,33). The largest absolute Gasteiger partial charge is 0.339 e. The number of carbonyl (C=O) groups is 2. The number of fused-ring (bicyclic) bond motifs is 1. The Hall–Kier alpha value is -4.33. The molecule has 0 spiro atoms. The van der Waals surface area contributed by atoms with Gasteiger partial charge in [0.05, 0.1) is 0 Å². The fourth-order valence-electron chi connectivity index (χ4n) is 4.05. The first-order chi connectivity index (χ1) is 17.0. The number of benzene rings is 3. The van der Waals surface area contributed by atoms with E-state index in [0.717, 1.165) is 12.1 Å². The smallest absolute Gasteiger partial charge is 0.258 e. The topological polar surface area (TPSA) is 88.3 Å². The second-order valence-electron chi connectivity index (χ2n) is 8.44. The van der Waals surface area contributed by atoms with Crippen LogP contribution >= 0.6 is 0 Å². The molecule has 1 aliphatic heterocycles. The van der Waals surface area contributed by atoms with Gasteiger partial charge in [-0.25, -0.2) is 4.39 Å². The number of nitrogens with zero attached hydrogens (tertiary/aromatic N) is 3. The van der Waals surface area contributed by atoms with Crippen molar-refractivity contribution in [3.63, 3.8) is 0 Å². The Morgan fingerprint density at radius 2 is 1.89 bits per heavy atom. The zero-order chi connectivity index (χ0) is 24.4. The van der Waals surface area contributed by atoms with Crippen LogP contribution in [0.15, 0.2) is 71.3 Å². The summed E-state index contributed by atoms with van der Waals surface area (Å²) in [6.45, 7) is 2.34. The fourth-order valence-corrected chi connectivity index (χ4v) is 4.05. The summed E-state index contributed by atoms with van der Waals surface area (Å²) < 4.78 is 19.0. The van der Waals surface area contributed by atoms with Gasteiger partial charge >= 0.3 is 0 Å². The summed E-state index contributed by atoms with van der Waals surface area (Å²) in [7, 11) is 0. The van der Waals surface area contributed by atoms with Gasteiger partial charge in [-0.1, -0.05) is 35.5 Å². The highest BCUT2D eigenvalue weighted by Gasteiger charge is 2.25. The average molecular weight is 471 g/mol. The minimum absolute atomic E-state index is 0.0616. The minimum Gasteiger partial charge on any atom is -0.339 e. The maximum Gasteiger partial charge on any atom is 0.258 e. The number of carbonyl (C=O) groups excluding carboxylic acids is 2. The molecule has 2 heterocycles. The van der Waals surface area contributed by atoms with E-state index >= 15 is 0 Å². The van der Waals surface area contributed by atoms with Crippen molar-refractivity contribution in [1.29, 1.82) is 0 Å². The molecule has 0 radical (unpaired) electrons. The van der Waals surface area contributed by atoms with Gasteiger partial charge in [-0.2, -0.15) is 4.98 Å². The molecular weight excluding hydrogens is 447 g/mol. The third-order valence-electron chi connectivity index (χ3n) is 6.01. The quantitative estimate of drug-likeness (QED) is 0.430. The summed E-state index contributed by atoms with van der Waals surface area (Å²) in [5.74, 6) is -0.0542. The van der Waals surface area contributed by atoms with E-state index in [1.807, 2.05) is 24.3 Å². The van der Waals surface area contributed by atoms with Crippen LogP contribution in [0.4, 0.5) is 15.8 Å². The molecule has 5 rings (SSSR count). The molecule has 0 atom stereocenters. The summed E-state index contributed by atoms with van der Waals surface area (Å²) >= 11 is 0. The summed E-state index contributed by atoms with van der Waals surface area (Å²) in [6.07, 6.45) is 1.23. The van der Waals surface area contributed by atoms with Gasteiger partial charge in [0, 0.05) is 41.9 Å².